The van der Waals surface area contributed by atoms with Crippen LogP contribution in [-0.4, -0.2) is 260 Å². The van der Waals surface area contributed by atoms with Gasteiger partial charge in [0.15, 0.2) is 22.9 Å². The van der Waals surface area contributed by atoms with E-state index >= 15 is 9.59 Å². The fourth-order valence-corrected chi connectivity index (χ4v) is 18.9. The number of amides is 10. The van der Waals surface area contributed by atoms with Gasteiger partial charge in [-0.05, 0) is 138 Å². The monoisotopic (exact) mass is 1610 g/mol. The molecule has 3 saturated carbocycles. The highest BCUT2D eigenvalue weighted by Gasteiger charge is 2.68. The van der Waals surface area contributed by atoms with Crippen molar-refractivity contribution in [2.75, 3.05) is 66.7 Å². The molecule has 0 unspecified atom stereocenters. The van der Waals surface area contributed by atoms with E-state index in [0.29, 0.717) is 31.2 Å². The van der Waals surface area contributed by atoms with Crippen molar-refractivity contribution in [3.63, 3.8) is 0 Å². The molecule has 8 N–H and O–H groups in total. The van der Waals surface area contributed by atoms with Crippen molar-refractivity contribution in [2.24, 2.45) is 52.3 Å². The van der Waals surface area contributed by atoms with Crippen molar-refractivity contribution in [3.05, 3.63) is 68.4 Å². The molecule has 0 bridgehead atoms. The number of aryl methyl sites for hydroxylation is 1. The Balaban J connectivity index is 0.000000456. The molecule has 10 amide bonds. The van der Waals surface area contributed by atoms with E-state index < -0.39 is 220 Å². The zero-order valence-electron chi connectivity index (χ0n) is 69.5. The van der Waals surface area contributed by atoms with Crippen LogP contribution in [0.1, 0.15) is 173 Å². The summed E-state index contributed by atoms with van der Waals surface area (Å²) in [5, 5.41) is 31.1. The second-order valence-corrected chi connectivity index (χ2v) is 34.6. The summed E-state index contributed by atoms with van der Waals surface area (Å²) in [5.41, 5.74) is 1.71. The second kappa shape index (κ2) is 34.1. The lowest BCUT2D eigenvalue weighted by Gasteiger charge is -2.56. The molecule has 4 saturated heterocycles. The third-order valence-electron chi connectivity index (χ3n) is 25.5. The topological polar surface area (TPSA) is 452 Å². The number of carbonyl (C=O) groups excluding carboxylic acids is 15. The molecule has 1 aromatic rings. The molecule has 116 heavy (non-hydrogen) atoms. The number of aliphatic hydroxyl groups is 2. The predicted octanol–water partition coefficient (Wildman–Crippen LogP) is 2.49. The quantitative estimate of drug-likeness (QED) is 0.0871. The average Bonchev–Trinajstić information content (AvgIpc) is 1.37. The predicted molar refractivity (Wildman–Crippen MR) is 420 cm³/mol. The van der Waals surface area contributed by atoms with Gasteiger partial charge in [0.05, 0.1) is 29.9 Å². The van der Waals surface area contributed by atoms with Crippen LogP contribution in [0.5, 0.6) is 0 Å². The number of ether oxygens (including phenoxy) is 2. The first kappa shape index (κ1) is 88.1. The van der Waals surface area contributed by atoms with Crippen molar-refractivity contribution in [1.82, 2.24) is 55.7 Å². The molecule has 16 atom stereocenters. The molecule has 0 radical (unpaired) electrons. The van der Waals surface area contributed by atoms with Gasteiger partial charge in [0.1, 0.15) is 89.7 Å². The highest BCUT2D eigenvalue weighted by molar-refractivity contribution is 6.11. The van der Waals surface area contributed by atoms with E-state index in [4.69, 9.17) is 24.6 Å². The van der Waals surface area contributed by atoms with E-state index in [1.54, 1.807) is 74.5 Å². The minimum absolute atomic E-state index is 0.0206. The van der Waals surface area contributed by atoms with Crippen LogP contribution in [-0.2, 0) is 71.8 Å². The highest BCUT2D eigenvalue weighted by Crippen LogP contribution is 2.66. The van der Waals surface area contributed by atoms with Gasteiger partial charge in [0.25, 0.3) is 11.8 Å². The molecule has 7 fully saturated rings. The lowest BCUT2D eigenvalue weighted by Crippen LogP contribution is -2.61. The maximum atomic E-state index is 15.2. The summed E-state index contributed by atoms with van der Waals surface area (Å²) in [6.45, 7) is 21.6. The summed E-state index contributed by atoms with van der Waals surface area (Å²) in [7, 11) is 5.59. The molecule has 5 aliphatic heterocycles. The SMILES string of the molecule is C[C@]12C=CC(=O)C=C1CC[C@@H]1[C@@H]2C(=O)C[C@@]2(C)[C@H]1CC[C@]2(O)C(=O)CO.Cc1c2oc3c(C)ccc(C(=O)N[C@@H]4C(=O)N[C@H](C(C)C)C(=O)N5CCC[C@H]5C(=O)N(C)CC(=O)N(C)[C@@H](C(C)C)C(=O)O[C@@H]4C)c3nc-2c(C(=O)N[C@@H]2C(=O)N[C@H](C(C)C)C(=O)N3CCC[C@H]3C(=O)N(C)CC(=O)N(C)[C@@H](C(C)C)C(=O)O[C@@H]2C)c(N)c1=O. The van der Waals surface area contributed by atoms with E-state index in [2.05, 4.69) is 21.3 Å². The number of hydrogen-bond acceptors (Lipinski definition) is 23. The second-order valence-electron chi connectivity index (χ2n) is 34.6. The number of nitrogen functional groups attached to an aromatic ring is 1. The van der Waals surface area contributed by atoms with Crippen molar-refractivity contribution in [1.29, 1.82) is 0 Å². The van der Waals surface area contributed by atoms with Crippen molar-refractivity contribution < 1.29 is 96.0 Å². The summed E-state index contributed by atoms with van der Waals surface area (Å²) >= 11 is 0. The first-order valence-electron chi connectivity index (χ1n) is 40.0. The van der Waals surface area contributed by atoms with Gasteiger partial charge >= 0.3 is 11.9 Å². The Morgan fingerprint density at radius 3 is 1.64 bits per heavy atom. The lowest BCUT2D eigenvalue weighted by atomic mass is 9.46. The summed E-state index contributed by atoms with van der Waals surface area (Å²) in [5.74, 6) is -13.0. The van der Waals surface area contributed by atoms with Gasteiger partial charge in [-0.15, -0.1) is 0 Å². The molecule has 5 aliphatic carbocycles. The molecule has 33 nitrogen and oxygen atoms in total. The normalized spacial score (nSPS) is 30.9. The van der Waals surface area contributed by atoms with Gasteiger partial charge < -0.3 is 80.5 Å². The van der Waals surface area contributed by atoms with Gasteiger partial charge in [-0.3, -0.25) is 67.1 Å². The number of benzene rings is 2. The number of aliphatic hydroxyl groups excluding tert-OH is 1. The van der Waals surface area contributed by atoms with E-state index in [0.717, 1.165) is 28.2 Å². The molecule has 0 aromatic heterocycles. The summed E-state index contributed by atoms with van der Waals surface area (Å²) in [4.78, 5) is 237. The number of rotatable bonds is 10. The summed E-state index contributed by atoms with van der Waals surface area (Å²) < 4.78 is 18.3. The van der Waals surface area contributed by atoms with Crippen LogP contribution in [0.4, 0.5) is 5.69 Å². The fraction of sp³-hybridized carbons (Fsp3) is 0.627. The summed E-state index contributed by atoms with van der Waals surface area (Å²) in [6.07, 6.45) is 6.17. The number of fused-ring (bicyclic) bond motifs is 9. The number of nitrogens with two attached hydrogens (primary N) is 1. The fourth-order valence-electron chi connectivity index (χ4n) is 18.9. The Kier molecular flexibility index (Phi) is 25.9. The van der Waals surface area contributed by atoms with E-state index in [1.165, 1.54) is 80.7 Å². The molecular formula is C83H112N12O21. The molecule has 33 heteroatoms. The maximum Gasteiger partial charge on any atom is 0.329 e. The number of Topliss-reactive ketones (excluding diaryl/α,β-unsaturated/α-hetero) is 2. The number of anilines is 1. The third kappa shape index (κ3) is 16.2. The smallest absolute Gasteiger partial charge is 0.329 e. The Bertz CT molecular complexity index is 4620. The van der Waals surface area contributed by atoms with Crippen LogP contribution >= 0.6 is 0 Å². The van der Waals surface area contributed by atoms with E-state index in [1.807, 2.05) is 19.9 Å². The largest absolute Gasteiger partial charge is 0.458 e. The van der Waals surface area contributed by atoms with Crippen LogP contribution < -0.4 is 32.4 Å². The minimum Gasteiger partial charge on any atom is -0.458 e. The number of esters is 2. The molecular weight excluding hydrogens is 1500 g/mol. The number of nitrogens with zero attached hydrogens (tertiary/aromatic N) is 7. The number of carbonyl (C=O) groups is 15. The zero-order chi connectivity index (χ0) is 85.9. The molecule has 11 rings (SSSR count). The van der Waals surface area contributed by atoms with Gasteiger partial charge in [0, 0.05) is 70.0 Å². The minimum atomic E-state index is -1.88. The molecule has 630 valence electrons. The van der Waals surface area contributed by atoms with Crippen molar-refractivity contribution in [3.8, 4) is 11.5 Å². The van der Waals surface area contributed by atoms with E-state index in [-0.39, 0.29) is 89.7 Å². The zero-order valence-corrected chi connectivity index (χ0v) is 69.5. The van der Waals surface area contributed by atoms with Gasteiger partial charge in [-0.2, -0.15) is 0 Å². The van der Waals surface area contributed by atoms with Crippen LogP contribution in [0.25, 0.3) is 22.6 Å². The number of allylic oxidation sites excluding steroid dienone is 4. The standard InChI is InChI=1S/C62H86N12O16.C21H26O5/c1-27(2)42-59(84)73-23-17-19-36(73)57(82)69(13)25-38(75)71(15)48(29(5)6)61(86)88-33(11)44(55(80)65-42)67-53(78)35-22-21-31(9)51-46(35)64-47-40(41(63)50(77)32(10)52(47)90-51)54(79)68-45-34(12)89-62(87)49(30(7)8)72(16)39(76)26-70(14)58(83)37-20-18-24-74(37)60(85)43(28(3)4)66-56(45)81;1-19-7-5-13(23)9-12(19)3-4-14-15-6-8-21(26,17(25)11-22)20(15,2)10-16(24)18(14)19/h21-22,27-30,33-34,36-37,42-45,48-49H,17-20,23-26,63H2,1-16H3,(H,65,80)(H,66,81)(H,67,78)(H,68,79);5,7,9,14-15,18,22,26H,3-4,6,8,10-11H2,1-2H3/t33-,34-,36+,37+,42-,43-,44+,45+,48+,49+;14-,15-,18+,19-,20-,21-/m10/s1. The number of likely N-dealkylation sites (N-methyl/N-ethyl adjacent to an activating group) is 4. The first-order chi connectivity index (χ1) is 54.3. The van der Waals surface area contributed by atoms with Crippen LogP contribution in [0.2, 0.25) is 0 Å². The average molecular weight is 1610 g/mol. The Hall–Kier alpha value is -10.3. The number of cyclic esters (lactones) is 2. The Morgan fingerprint density at radius 2 is 1.16 bits per heavy atom. The highest BCUT2D eigenvalue weighted by atomic mass is 16.6. The molecule has 0 spiro atoms. The number of aromatic nitrogens is 1. The van der Waals surface area contributed by atoms with Gasteiger partial charge in [0.2, 0.25) is 52.7 Å². The van der Waals surface area contributed by atoms with Gasteiger partial charge in [-0.25, -0.2) is 14.6 Å². The van der Waals surface area contributed by atoms with Crippen LogP contribution in [0.3, 0.4) is 0 Å². The van der Waals surface area contributed by atoms with Crippen molar-refractivity contribution in [2.45, 2.75) is 221 Å². The van der Waals surface area contributed by atoms with Crippen LogP contribution in [0.15, 0.2) is 45.1 Å². The number of hydrogen-bond donors (Lipinski definition) is 7. The van der Waals surface area contributed by atoms with E-state index in [9.17, 15) is 77.3 Å². The molecule has 10 aliphatic rings. The first-order valence-corrected chi connectivity index (χ1v) is 40.0. The van der Waals surface area contributed by atoms with Gasteiger partial charge in [-0.1, -0.05) is 87.0 Å². The maximum absolute atomic E-state index is 15.2. The van der Waals surface area contributed by atoms with Crippen LogP contribution in [0, 0.1) is 66.1 Å². The molecule has 1 aromatic carbocycles. The lowest BCUT2D eigenvalue weighted by molar-refractivity contribution is -0.169. The number of nitrogens with one attached hydrogen (secondary N) is 4. The third-order valence-corrected chi connectivity index (χ3v) is 25.5. The summed E-state index contributed by atoms with van der Waals surface area (Å²) in [6, 6.07) is -7.90. The molecule has 5 heterocycles. The Labute approximate surface area is 673 Å². The van der Waals surface area contributed by atoms with Crippen molar-refractivity contribution >= 4 is 105 Å². The Morgan fingerprint density at radius 1 is 0.672 bits per heavy atom. The number of ketones is 3.